The molecule has 0 aromatic heterocycles. The standard InChI is InChI=1S/C54H38N2/c1-5-19-39(20-6-1)55(40-21-7-2-8-22-40)53-37-17-33-49-47(31-15-35-51(49)53)45-29-13-28-44-43(45)27-14-30-46(44)48-32-16-36-52-50(48)34-18-38-54(52)56(41-23-9-3-10-24-41)42-25-11-4-12-26-42/h1-38H. The second kappa shape index (κ2) is 14.4. The Kier molecular flexibility index (Phi) is 8.55. The zero-order valence-corrected chi connectivity index (χ0v) is 30.8. The third-order valence-corrected chi connectivity index (χ3v) is 10.8. The van der Waals surface area contributed by atoms with E-state index in [9.17, 15) is 0 Å². The maximum absolute atomic E-state index is 2.36. The SMILES string of the molecule is c1ccc(N(c2ccccc2)c2cccc3c(-c4cccc5c(-c6cccc7c(N(c8ccccc8)c8ccccc8)cccc67)cccc45)cccc23)cc1. The lowest BCUT2D eigenvalue weighted by molar-refractivity contribution is 1.30. The Labute approximate surface area is 327 Å². The molecule has 0 saturated carbocycles. The summed E-state index contributed by atoms with van der Waals surface area (Å²) in [6, 6.07) is 83.0. The highest BCUT2D eigenvalue weighted by Gasteiger charge is 2.19. The van der Waals surface area contributed by atoms with Crippen LogP contribution in [0.3, 0.4) is 0 Å². The monoisotopic (exact) mass is 714 g/mol. The predicted octanol–water partition coefficient (Wildman–Crippen LogP) is 15.4. The largest absolute Gasteiger partial charge is 0.310 e. The molecule has 10 aromatic carbocycles. The van der Waals surface area contributed by atoms with E-state index in [4.69, 9.17) is 0 Å². The lowest BCUT2D eigenvalue weighted by atomic mass is 9.89. The topological polar surface area (TPSA) is 6.48 Å². The first-order valence-electron chi connectivity index (χ1n) is 19.2. The summed E-state index contributed by atoms with van der Waals surface area (Å²) in [5, 5.41) is 7.30. The van der Waals surface area contributed by atoms with E-state index in [-0.39, 0.29) is 0 Å². The van der Waals surface area contributed by atoms with E-state index in [0.717, 1.165) is 34.1 Å². The average Bonchev–Trinajstić information content (AvgIpc) is 3.27. The number of benzene rings is 10. The summed E-state index contributed by atoms with van der Waals surface area (Å²) in [6.07, 6.45) is 0. The lowest BCUT2D eigenvalue weighted by Crippen LogP contribution is -2.10. The summed E-state index contributed by atoms with van der Waals surface area (Å²) in [5.41, 5.74) is 11.7. The van der Waals surface area contributed by atoms with Crippen molar-refractivity contribution in [2.45, 2.75) is 0 Å². The Morgan fingerprint density at radius 1 is 0.179 bits per heavy atom. The molecule has 0 bridgehead atoms. The highest BCUT2D eigenvalue weighted by molar-refractivity contribution is 6.14. The number of hydrogen-bond acceptors (Lipinski definition) is 2. The van der Waals surface area contributed by atoms with Crippen LogP contribution >= 0.6 is 0 Å². The van der Waals surface area contributed by atoms with Crippen LogP contribution in [0.1, 0.15) is 0 Å². The molecule has 0 aliphatic heterocycles. The number of hydrogen-bond donors (Lipinski definition) is 0. The number of nitrogens with zero attached hydrogens (tertiary/aromatic N) is 2. The van der Waals surface area contributed by atoms with Crippen LogP contribution in [0.25, 0.3) is 54.6 Å². The molecule has 0 spiro atoms. The predicted molar refractivity (Wildman–Crippen MR) is 239 cm³/mol. The van der Waals surface area contributed by atoms with Crippen LogP contribution in [0.2, 0.25) is 0 Å². The molecule has 0 amide bonds. The Morgan fingerprint density at radius 2 is 0.411 bits per heavy atom. The van der Waals surface area contributed by atoms with Gasteiger partial charge in [-0.3, -0.25) is 0 Å². The molecule has 264 valence electrons. The molecule has 10 rings (SSSR count). The van der Waals surface area contributed by atoms with Gasteiger partial charge in [0.15, 0.2) is 0 Å². The maximum atomic E-state index is 2.36. The first-order chi connectivity index (χ1) is 27.8. The number of rotatable bonds is 8. The van der Waals surface area contributed by atoms with Crippen LogP contribution in [-0.4, -0.2) is 0 Å². The summed E-state index contributed by atoms with van der Waals surface area (Å²) >= 11 is 0. The minimum absolute atomic E-state index is 1.13. The van der Waals surface area contributed by atoms with Crippen LogP contribution in [0.4, 0.5) is 34.1 Å². The lowest BCUT2D eigenvalue weighted by Gasteiger charge is -2.27. The van der Waals surface area contributed by atoms with Crippen molar-refractivity contribution in [3.63, 3.8) is 0 Å². The van der Waals surface area contributed by atoms with Crippen LogP contribution in [0.5, 0.6) is 0 Å². The van der Waals surface area contributed by atoms with E-state index in [1.807, 2.05) is 0 Å². The van der Waals surface area contributed by atoms with Crippen LogP contribution in [0.15, 0.2) is 231 Å². The van der Waals surface area contributed by atoms with Gasteiger partial charge < -0.3 is 9.80 Å². The van der Waals surface area contributed by atoms with Crippen molar-refractivity contribution in [1.82, 2.24) is 0 Å². The first-order valence-corrected chi connectivity index (χ1v) is 19.2. The van der Waals surface area contributed by atoms with E-state index >= 15 is 0 Å². The Balaban J connectivity index is 1.14. The van der Waals surface area contributed by atoms with Crippen molar-refractivity contribution >= 4 is 66.4 Å². The van der Waals surface area contributed by atoms with E-state index in [1.54, 1.807) is 0 Å². The number of fused-ring (bicyclic) bond motifs is 3. The molecule has 2 nitrogen and oxygen atoms in total. The van der Waals surface area contributed by atoms with Gasteiger partial charge in [-0.1, -0.05) is 170 Å². The van der Waals surface area contributed by atoms with Crippen molar-refractivity contribution in [1.29, 1.82) is 0 Å². The van der Waals surface area contributed by atoms with Crippen molar-refractivity contribution in [2.24, 2.45) is 0 Å². The van der Waals surface area contributed by atoms with E-state index < -0.39 is 0 Å². The number of para-hydroxylation sites is 4. The fraction of sp³-hybridized carbons (Fsp3) is 0. The van der Waals surface area contributed by atoms with E-state index in [2.05, 4.69) is 240 Å². The summed E-state index contributed by atoms with van der Waals surface area (Å²) in [4.78, 5) is 4.72. The molecule has 0 aliphatic carbocycles. The van der Waals surface area contributed by atoms with Gasteiger partial charge in [-0.2, -0.15) is 0 Å². The molecule has 2 heteroatoms. The van der Waals surface area contributed by atoms with Gasteiger partial charge in [0.05, 0.1) is 11.4 Å². The van der Waals surface area contributed by atoms with Gasteiger partial charge in [-0.05, 0) is 104 Å². The summed E-state index contributed by atoms with van der Waals surface area (Å²) in [5.74, 6) is 0. The van der Waals surface area contributed by atoms with Crippen molar-refractivity contribution in [3.05, 3.63) is 231 Å². The summed E-state index contributed by atoms with van der Waals surface area (Å²) < 4.78 is 0. The van der Waals surface area contributed by atoms with Gasteiger partial charge in [-0.25, -0.2) is 0 Å². The molecule has 0 fully saturated rings. The minimum atomic E-state index is 1.13. The van der Waals surface area contributed by atoms with Gasteiger partial charge >= 0.3 is 0 Å². The fourth-order valence-corrected chi connectivity index (χ4v) is 8.39. The molecule has 0 heterocycles. The van der Waals surface area contributed by atoms with Gasteiger partial charge in [-0.15, -0.1) is 0 Å². The fourth-order valence-electron chi connectivity index (χ4n) is 8.39. The summed E-state index contributed by atoms with van der Waals surface area (Å²) in [6.45, 7) is 0. The van der Waals surface area contributed by atoms with Gasteiger partial charge in [0.2, 0.25) is 0 Å². The molecule has 10 aromatic rings. The molecule has 0 unspecified atom stereocenters. The molecule has 0 saturated heterocycles. The normalized spacial score (nSPS) is 11.2. The van der Waals surface area contributed by atoms with Crippen LogP contribution < -0.4 is 9.80 Å². The smallest absolute Gasteiger partial charge is 0.0540 e. The van der Waals surface area contributed by atoms with Gasteiger partial charge in [0.25, 0.3) is 0 Å². The zero-order valence-electron chi connectivity index (χ0n) is 30.8. The molecule has 0 N–H and O–H groups in total. The third kappa shape index (κ3) is 5.85. The van der Waals surface area contributed by atoms with Crippen molar-refractivity contribution < 1.29 is 0 Å². The van der Waals surface area contributed by atoms with Gasteiger partial charge in [0.1, 0.15) is 0 Å². The summed E-state index contributed by atoms with van der Waals surface area (Å²) in [7, 11) is 0. The Bertz CT molecular complexity index is 2670. The molecule has 0 aliphatic rings. The van der Waals surface area contributed by atoms with E-state index in [0.29, 0.717) is 0 Å². The molecule has 0 atom stereocenters. The van der Waals surface area contributed by atoms with Gasteiger partial charge in [0, 0.05) is 33.5 Å². The van der Waals surface area contributed by atoms with Crippen LogP contribution in [0, 0.1) is 0 Å². The second-order valence-corrected chi connectivity index (χ2v) is 14.1. The Hall–Kier alpha value is -7.42. The third-order valence-electron chi connectivity index (χ3n) is 10.8. The molecular weight excluding hydrogens is 677 g/mol. The molecular formula is C54H38N2. The second-order valence-electron chi connectivity index (χ2n) is 14.1. The zero-order chi connectivity index (χ0) is 37.3. The number of anilines is 6. The Morgan fingerprint density at radius 3 is 0.696 bits per heavy atom. The van der Waals surface area contributed by atoms with Crippen molar-refractivity contribution in [3.8, 4) is 22.3 Å². The van der Waals surface area contributed by atoms with E-state index in [1.165, 1.54) is 54.6 Å². The highest BCUT2D eigenvalue weighted by Crippen LogP contribution is 2.45. The van der Waals surface area contributed by atoms with Crippen LogP contribution in [-0.2, 0) is 0 Å². The maximum Gasteiger partial charge on any atom is 0.0540 e. The van der Waals surface area contributed by atoms with Crippen molar-refractivity contribution in [2.75, 3.05) is 9.80 Å². The molecule has 0 radical (unpaired) electrons. The first kappa shape index (κ1) is 33.2. The highest BCUT2D eigenvalue weighted by atomic mass is 15.1. The quantitative estimate of drug-likeness (QED) is 0.155. The average molecular weight is 715 g/mol. The molecule has 56 heavy (non-hydrogen) atoms. The minimum Gasteiger partial charge on any atom is -0.310 e.